The monoisotopic (exact) mass is 276 g/mol. The van der Waals surface area contributed by atoms with Gasteiger partial charge in [-0.25, -0.2) is 4.39 Å². The summed E-state index contributed by atoms with van der Waals surface area (Å²) < 4.78 is 13.1. The van der Waals surface area contributed by atoms with E-state index in [1.54, 1.807) is 12.1 Å². The summed E-state index contributed by atoms with van der Waals surface area (Å²) in [6, 6.07) is 6.59. The van der Waals surface area contributed by atoms with E-state index in [4.69, 9.17) is 0 Å². The molecule has 20 heavy (non-hydrogen) atoms. The van der Waals surface area contributed by atoms with Gasteiger partial charge in [0.2, 0.25) is 5.91 Å². The third kappa shape index (κ3) is 2.85. The Balaban J connectivity index is 1.72. The van der Waals surface area contributed by atoms with Gasteiger partial charge in [0.25, 0.3) is 0 Å². The van der Waals surface area contributed by atoms with Gasteiger partial charge < -0.3 is 10.6 Å². The van der Waals surface area contributed by atoms with Gasteiger partial charge >= 0.3 is 0 Å². The maximum Gasteiger partial charge on any atom is 0.224 e. The van der Waals surface area contributed by atoms with Crippen LogP contribution in [0.25, 0.3) is 0 Å². The number of amides is 1. The number of carbonyl (C=O) groups excluding carboxylic acids is 1. The van der Waals surface area contributed by atoms with E-state index >= 15 is 0 Å². The lowest BCUT2D eigenvalue weighted by molar-refractivity contribution is -0.125. The maximum absolute atomic E-state index is 13.1. The second-order valence-corrected chi connectivity index (χ2v) is 5.92. The topological polar surface area (TPSA) is 41.1 Å². The van der Waals surface area contributed by atoms with E-state index in [-0.39, 0.29) is 23.7 Å². The SMILES string of the molecule is O=C(NC(c1ccc(F)cc1)C1CCC1)C1CCNC1. The number of rotatable bonds is 4. The average Bonchev–Trinajstić information content (AvgIpc) is 2.90. The number of hydrogen-bond acceptors (Lipinski definition) is 2. The third-order valence-corrected chi connectivity index (χ3v) is 4.58. The van der Waals surface area contributed by atoms with Crippen LogP contribution in [-0.4, -0.2) is 19.0 Å². The fourth-order valence-corrected chi connectivity index (χ4v) is 3.07. The van der Waals surface area contributed by atoms with Gasteiger partial charge in [-0.2, -0.15) is 0 Å². The van der Waals surface area contributed by atoms with Crippen molar-refractivity contribution in [2.75, 3.05) is 13.1 Å². The maximum atomic E-state index is 13.1. The molecule has 1 saturated heterocycles. The Morgan fingerprint density at radius 1 is 1.25 bits per heavy atom. The first-order valence-corrected chi connectivity index (χ1v) is 7.50. The van der Waals surface area contributed by atoms with Crippen LogP contribution in [0.2, 0.25) is 0 Å². The van der Waals surface area contributed by atoms with Gasteiger partial charge in [0.1, 0.15) is 5.82 Å². The molecule has 1 saturated carbocycles. The van der Waals surface area contributed by atoms with E-state index < -0.39 is 0 Å². The second kappa shape index (κ2) is 5.92. The lowest BCUT2D eigenvalue weighted by atomic mass is 9.77. The molecular formula is C16H21FN2O. The summed E-state index contributed by atoms with van der Waals surface area (Å²) in [4.78, 5) is 12.3. The fraction of sp³-hybridized carbons (Fsp3) is 0.562. The van der Waals surface area contributed by atoms with E-state index in [0.717, 1.165) is 37.9 Å². The van der Waals surface area contributed by atoms with Crippen molar-refractivity contribution < 1.29 is 9.18 Å². The number of carbonyl (C=O) groups is 1. The molecule has 1 aromatic rings. The highest BCUT2D eigenvalue weighted by molar-refractivity contribution is 5.79. The molecule has 108 valence electrons. The number of nitrogens with one attached hydrogen (secondary N) is 2. The Hall–Kier alpha value is -1.42. The zero-order valence-electron chi connectivity index (χ0n) is 11.6. The molecule has 4 heteroatoms. The van der Waals surface area contributed by atoms with Gasteiger partial charge in [0.15, 0.2) is 0 Å². The van der Waals surface area contributed by atoms with E-state index in [1.165, 1.54) is 18.6 Å². The molecule has 2 aliphatic rings. The molecule has 0 radical (unpaired) electrons. The van der Waals surface area contributed by atoms with Gasteiger partial charge in [0, 0.05) is 6.54 Å². The van der Waals surface area contributed by atoms with Crippen LogP contribution in [0.5, 0.6) is 0 Å². The number of halogens is 1. The summed E-state index contributed by atoms with van der Waals surface area (Å²) in [7, 11) is 0. The minimum absolute atomic E-state index is 0.0393. The summed E-state index contributed by atoms with van der Waals surface area (Å²) in [5.41, 5.74) is 1.02. The molecule has 1 aliphatic carbocycles. The van der Waals surface area contributed by atoms with Crippen molar-refractivity contribution in [3.8, 4) is 0 Å². The Labute approximate surface area is 118 Å². The molecule has 2 unspecified atom stereocenters. The highest BCUT2D eigenvalue weighted by Crippen LogP contribution is 2.38. The van der Waals surface area contributed by atoms with Crippen molar-refractivity contribution in [3.63, 3.8) is 0 Å². The molecule has 0 bridgehead atoms. The molecule has 3 rings (SSSR count). The highest BCUT2D eigenvalue weighted by Gasteiger charge is 2.32. The Kier molecular flexibility index (Phi) is 4.01. The summed E-state index contributed by atoms with van der Waals surface area (Å²) in [6.07, 6.45) is 4.42. The van der Waals surface area contributed by atoms with Crippen molar-refractivity contribution in [3.05, 3.63) is 35.6 Å². The van der Waals surface area contributed by atoms with Gasteiger partial charge in [-0.1, -0.05) is 18.6 Å². The Bertz CT molecular complexity index is 464. The first-order chi connectivity index (χ1) is 9.74. The summed E-state index contributed by atoms with van der Waals surface area (Å²) in [6.45, 7) is 1.69. The van der Waals surface area contributed by atoms with Crippen molar-refractivity contribution in [1.82, 2.24) is 10.6 Å². The van der Waals surface area contributed by atoms with Crippen LogP contribution in [0.15, 0.2) is 24.3 Å². The molecule has 2 fully saturated rings. The van der Waals surface area contributed by atoms with Gasteiger partial charge in [-0.15, -0.1) is 0 Å². The molecule has 0 aromatic heterocycles. The van der Waals surface area contributed by atoms with Crippen LogP contribution in [0.1, 0.15) is 37.3 Å². The fourth-order valence-electron chi connectivity index (χ4n) is 3.07. The first-order valence-electron chi connectivity index (χ1n) is 7.50. The van der Waals surface area contributed by atoms with E-state index in [2.05, 4.69) is 10.6 Å². The molecule has 1 amide bonds. The molecule has 1 aromatic carbocycles. The smallest absolute Gasteiger partial charge is 0.224 e. The molecule has 1 heterocycles. The minimum Gasteiger partial charge on any atom is -0.349 e. The Morgan fingerprint density at radius 3 is 2.55 bits per heavy atom. The van der Waals surface area contributed by atoms with E-state index in [9.17, 15) is 9.18 Å². The summed E-state index contributed by atoms with van der Waals surface area (Å²) in [5, 5.41) is 6.42. The van der Waals surface area contributed by atoms with Crippen LogP contribution >= 0.6 is 0 Å². The van der Waals surface area contributed by atoms with Gasteiger partial charge in [0.05, 0.1) is 12.0 Å². The lowest BCUT2D eigenvalue weighted by Gasteiger charge is -2.35. The number of hydrogen-bond donors (Lipinski definition) is 2. The highest BCUT2D eigenvalue weighted by atomic mass is 19.1. The van der Waals surface area contributed by atoms with Crippen molar-refractivity contribution >= 4 is 5.91 Å². The molecule has 2 N–H and O–H groups in total. The van der Waals surface area contributed by atoms with Crippen molar-refractivity contribution in [2.24, 2.45) is 11.8 Å². The largest absolute Gasteiger partial charge is 0.349 e. The normalized spacial score (nSPS) is 24.1. The zero-order chi connectivity index (χ0) is 13.9. The standard InChI is InChI=1S/C16H21FN2O/c17-14-6-4-12(5-7-14)15(11-2-1-3-11)19-16(20)13-8-9-18-10-13/h4-7,11,13,15,18H,1-3,8-10H2,(H,19,20). The van der Waals surface area contributed by atoms with E-state index in [0.29, 0.717) is 5.92 Å². The molecule has 0 spiro atoms. The van der Waals surface area contributed by atoms with Crippen molar-refractivity contribution in [1.29, 1.82) is 0 Å². The number of benzene rings is 1. The summed E-state index contributed by atoms with van der Waals surface area (Å²) in [5.74, 6) is 0.487. The van der Waals surface area contributed by atoms with E-state index in [1.807, 2.05) is 0 Å². The van der Waals surface area contributed by atoms with Crippen LogP contribution in [0.3, 0.4) is 0 Å². The average molecular weight is 276 g/mol. The van der Waals surface area contributed by atoms with Crippen LogP contribution < -0.4 is 10.6 Å². The predicted molar refractivity (Wildman–Crippen MR) is 75.6 cm³/mol. The zero-order valence-corrected chi connectivity index (χ0v) is 11.6. The van der Waals surface area contributed by atoms with Crippen molar-refractivity contribution in [2.45, 2.75) is 31.7 Å². The molecule has 3 nitrogen and oxygen atoms in total. The van der Waals surface area contributed by atoms with Crippen LogP contribution in [0.4, 0.5) is 4.39 Å². The molecular weight excluding hydrogens is 255 g/mol. The first kappa shape index (κ1) is 13.6. The van der Waals surface area contributed by atoms with Gasteiger partial charge in [-0.3, -0.25) is 4.79 Å². The van der Waals surface area contributed by atoms with Crippen LogP contribution in [-0.2, 0) is 4.79 Å². The molecule has 2 atom stereocenters. The molecule has 1 aliphatic heterocycles. The Morgan fingerprint density at radius 2 is 2.00 bits per heavy atom. The quantitative estimate of drug-likeness (QED) is 0.886. The summed E-state index contributed by atoms with van der Waals surface area (Å²) >= 11 is 0. The predicted octanol–water partition coefficient (Wildman–Crippen LogP) is 2.39. The minimum atomic E-state index is -0.229. The second-order valence-electron chi connectivity index (χ2n) is 5.92. The lowest BCUT2D eigenvalue weighted by Crippen LogP contribution is -2.40. The third-order valence-electron chi connectivity index (χ3n) is 4.58. The van der Waals surface area contributed by atoms with Crippen LogP contribution in [0, 0.1) is 17.7 Å². The van der Waals surface area contributed by atoms with Gasteiger partial charge in [-0.05, 0) is 49.4 Å².